The van der Waals surface area contributed by atoms with Crippen LogP contribution in [0.4, 0.5) is 5.69 Å². The number of rotatable bonds is 5. The summed E-state index contributed by atoms with van der Waals surface area (Å²) < 4.78 is 10.2. The molecule has 0 spiro atoms. The smallest absolute Gasteiger partial charge is 0.326 e. The van der Waals surface area contributed by atoms with Gasteiger partial charge in [0.15, 0.2) is 11.7 Å². The molecule has 0 saturated heterocycles. The summed E-state index contributed by atoms with van der Waals surface area (Å²) in [6, 6.07) is 11.8. The molecule has 0 radical (unpaired) electrons. The molecule has 0 aromatic heterocycles. The third-order valence-corrected chi connectivity index (χ3v) is 4.23. The number of halogens is 1. The van der Waals surface area contributed by atoms with E-state index in [4.69, 9.17) is 21.1 Å². The van der Waals surface area contributed by atoms with Crippen LogP contribution in [0.25, 0.3) is 6.08 Å². The first-order valence-electron chi connectivity index (χ1n) is 8.11. The van der Waals surface area contributed by atoms with E-state index in [1.54, 1.807) is 19.3 Å². The van der Waals surface area contributed by atoms with Crippen molar-refractivity contribution < 1.29 is 23.9 Å². The number of fused-ring (bicyclic) bond motifs is 1. The standard InChI is InChI=1S/C20H16ClNO5/c1-26-14-6-2-4-12(10-14)5-3-9-27-20(25)17-18(23)15-8-7-13(21)11-16(15)22-19(17)24/h2-8,10-11,17H,9H2,1H3,(H,22,24)/b5-3+. The summed E-state index contributed by atoms with van der Waals surface area (Å²) in [7, 11) is 1.57. The van der Waals surface area contributed by atoms with Gasteiger partial charge in [0.05, 0.1) is 12.8 Å². The first-order valence-corrected chi connectivity index (χ1v) is 8.49. The van der Waals surface area contributed by atoms with E-state index >= 15 is 0 Å². The number of Topliss-reactive ketones (excluding diaryl/α,β-unsaturated/α-hetero) is 1. The molecule has 0 fully saturated rings. The maximum absolute atomic E-state index is 12.5. The van der Waals surface area contributed by atoms with Gasteiger partial charge in [-0.1, -0.05) is 29.8 Å². The van der Waals surface area contributed by atoms with Gasteiger partial charge in [0.2, 0.25) is 5.91 Å². The minimum Gasteiger partial charge on any atom is -0.497 e. The number of anilines is 1. The minimum absolute atomic E-state index is 0.0689. The molecule has 1 atom stereocenters. The summed E-state index contributed by atoms with van der Waals surface area (Å²) in [6.45, 7) is -0.0689. The predicted octanol–water partition coefficient (Wildman–Crippen LogP) is 3.36. The van der Waals surface area contributed by atoms with Crippen molar-refractivity contribution in [1.29, 1.82) is 0 Å². The van der Waals surface area contributed by atoms with Gasteiger partial charge >= 0.3 is 5.97 Å². The molecule has 0 saturated carbocycles. The molecule has 6 nitrogen and oxygen atoms in total. The molecule has 2 aromatic rings. The maximum Gasteiger partial charge on any atom is 0.326 e. The van der Waals surface area contributed by atoms with Gasteiger partial charge in [-0.3, -0.25) is 14.4 Å². The highest BCUT2D eigenvalue weighted by Crippen LogP contribution is 2.29. The summed E-state index contributed by atoms with van der Waals surface area (Å²) in [4.78, 5) is 36.8. The number of carbonyl (C=O) groups excluding carboxylic acids is 3. The van der Waals surface area contributed by atoms with Crippen LogP contribution in [0, 0.1) is 5.92 Å². The third kappa shape index (κ3) is 4.17. The Balaban J connectivity index is 1.64. The van der Waals surface area contributed by atoms with Crippen LogP contribution < -0.4 is 10.1 Å². The van der Waals surface area contributed by atoms with Crippen LogP contribution in [0.2, 0.25) is 5.02 Å². The lowest BCUT2D eigenvalue weighted by atomic mass is 9.92. The number of amides is 1. The summed E-state index contributed by atoms with van der Waals surface area (Å²) in [5, 5.41) is 2.89. The molecular formula is C20H16ClNO5. The molecule has 0 aliphatic carbocycles. The van der Waals surface area contributed by atoms with Crippen molar-refractivity contribution in [3.63, 3.8) is 0 Å². The molecule has 2 aromatic carbocycles. The van der Waals surface area contributed by atoms with Gasteiger partial charge in [-0.25, -0.2) is 0 Å². The van der Waals surface area contributed by atoms with E-state index in [0.29, 0.717) is 16.5 Å². The van der Waals surface area contributed by atoms with Gasteiger partial charge < -0.3 is 14.8 Å². The van der Waals surface area contributed by atoms with Crippen molar-refractivity contribution in [2.75, 3.05) is 19.0 Å². The van der Waals surface area contributed by atoms with Gasteiger partial charge in [-0.2, -0.15) is 0 Å². The fourth-order valence-corrected chi connectivity index (χ4v) is 2.84. The van der Waals surface area contributed by atoms with E-state index < -0.39 is 23.6 Å². The Labute approximate surface area is 160 Å². The second-order valence-electron chi connectivity index (χ2n) is 5.79. The first kappa shape index (κ1) is 18.7. The number of methoxy groups -OCH3 is 1. The van der Waals surface area contributed by atoms with Gasteiger partial charge in [0, 0.05) is 10.6 Å². The normalized spacial score (nSPS) is 16.0. The molecule has 7 heteroatoms. The highest BCUT2D eigenvalue weighted by molar-refractivity contribution is 6.33. The Kier molecular flexibility index (Phi) is 5.57. The van der Waals surface area contributed by atoms with Gasteiger partial charge in [-0.15, -0.1) is 0 Å². The van der Waals surface area contributed by atoms with E-state index in [0.717, 1.165) is 5.56 Å². The van der Waals surface area contributed by atoms with E-state index in [1.807, 2.05) is 24.3 Å². The number of esters is 1. The lowest BCUT2D eigenvalue weighted by Crippen LogP contribution is -2.41. The summed E-state index contributed by atoms with van der Waals surface area (Å²) in [6.07, 6.45) is 3.36. The zero-order valence-electron chi connectivity index (χ0n) is 14.4. The highest BCUT2D eigenvalue weighted by Gasteiger charge is 2.40. The van der Waals surface area contributed by atoms with Crippen LogP contribution in [-0.2, 0) is 14.3 Å². The highest BCUT2D eigenvalue weighted by atomic mass is 35.5. The molecule has 1 heterocycles. The average molecular weight is 386 g/mol. The number of hydrogen-bond donors (Lipinski definition) is 1. The van der Waals surface area contributed by atoms with E-state index in [1.165, 1.54) is 18.2 Å². The van der Waals surface area contributed by atoms with E-state index in [9.17, 15) is 14.4 Å². The fraction of sp³-hybridized carbons (Fsp3) is 0.150. The van der Waals surface area contributed by atoms with Crippen LogP contribution in [0.15, 0.2) is 48.5 Å². The maximum atomic E-state index is 12.5. The molecule has 138 valence electrons. The summed E-state index contributed by atoms with van der Waals surface area (Å²) in [5.41, 5.74) is 1.38. The molecule has 1 aliphatic heterocycles. The quantitative estimate of drug-likeness (QED) is 0.630. The lowest BCUT2D eigenvalue weighted by Gasteiger charge is -2.22. The molecule has 1 amide bonds. The number of hydrogen-bond acceptors (Lipinski definition) is 5. The average Bonchev–Trinajstić information content (AvgIpc) is 2.65. The molecule has 1 aliphatic rings. The van der Waals surface area contributed by atoms with Crippen molar-refractivity contribution in [1.82, 2.24) is 0 Å². The molecule has 27 heavy (non-hydrogen) atoms. The monoisotopic (exact) mass is 385 g/mol. The third-order valence-electron chi connectivity index (χ3n) is 3.99. The van der Waals surface area contributed by atoms with Gasteiger partial charge in [0.1, 0.15) is 12.4 Å². The first-order chi connectivity index (χ1) is 13.0. The zero-order valence-corrected chi connectivity index (χ0v) is 15.2. The second kappa shape index (κ2) is 8.05. The van der Waals surface area contributed by atoms with Crippen molar-refractivity contribution in [3.8, 4) is 5.75 Å². The van der Waals surface area contributed by atoms with E-state index in [-0.39, 0.29) is 12.2 Å². The molecular weight excluding hydrogens is 370 g/mol. The summed E-state index contributed by atoms with van der Waals surface area (Å²) in [5.74, 6) is -3.04. The molecule has 1 unspecified atom stereocenters. The number of benzene rings is 2. The van der Waals surface area contributed by atoms with Crippen molar-refractivity contribution in [3.05, 3.63) is 64.7 Å². The molecule has 3 rings (SSSR count). The lowest BCUT2D eigenvalue weighted by molar-refractivity contribution is -0.148. The van der Waals surface area contributed by atoms with Gasteiger partial charge in [0.25, 0.3) is 0 Å². The van der Waals surface area contributed by atoms with Crippen LogP contribution in [0.5, 0.6) is 5.75 Å². The Bertz CT molecular complexity index is 938. The molecule has 1 N–H and O–H groups in total. The van der Waals surface area contributed by atoms with Crippen LogP contribution >= 0.6 is 11.6 Å². The number of ether oxygens (including phenoxy) is 2. The fourth-order valence-electron chi connectivity index (χ4n) is 2.67. The molecule has 0 bridgehead atoms. The number of carbonyl (C=O) groups is 3. The Morgan fingerprint density at radius 3 is 2.81 bits per heavy atom. The minimum atomic E-state index is -1.52. The van der Waals surface area contributed by atoms with Crippen LogP contribution in [0.1, 0.15) is 15.9 Å². The Morgan fingerprint density at radius 2 is 2.04 bits per heavy atom. The Hall–Kier alpha value is -3.12. The topological polar surface area (TPSA) is 81.7 Å². The Morgan fingerprint density at radius 1 is 1.22 bits per heavy atom. The van der Waals surface area contributed by atoms with Crippen LogP contribution in [0.3, 0.4) is 0 Å². The SMILES string of the molecule is COc1cccc(/C=C/COC(=O)C2C(=O)Nc3cc(Cl)ccc3C2=O)c1. The van der Waals surface area contributed by atoms with Gasteiger partial charge in [-0.05, 0) is 42.0 Å². The van der Waals surface area contributed by atoms with Crippen molar-refractivity contribution in [2.45, 2.75) is 0 Å². The van der Waals surface area contributed by atoms with Crippen molar-refractivity contribution >= 4 is 41.0 Å². The van der Waals surface area contributed by atoms with Crippen LogP contribution in [-0.4, -0.2) is 31.4 Å². The second-order valence-corrected chi connectivity index (χ2v) is 6.22. The number of nitrogens with one attached hydrogen (secondary N) is 1. The number of ketones is 1. The summed E-state index contributed by atoms with van der Waals surface area (Å²) >= 11 is 5.86. The largest absolute Gasteiger partial charge is 0.497 e. The van der Waals surface area contributed by atoms with Crippen molar-refractivity contribution in [2.24, 2.45) is 5.92 Å². The zero-order chi connectivity index (χ0) is 19.4. The van der Waals surface area contributed by atoms with E-state index in [2.05, 4.69) is 5.32 Å². The predicted molar refractivity (Wildman–Crippen MR) is 101 cm³/mol.